The highest BCUT2D eigenvalue weighted by Crippen LogP contribution is 2.45. The number of halogens is 1. The van der Waals surface area contributed by atoms with Crippen molar-refractivity contribution in [1.82, 2.24) is 4.90 Å². The summed E-state index contributed by atoms with van der Waals surface area (Å²) in [6.07, 6.45) is 3.16. The van der Waals surface area contributed by atoms with Crippen LogP contribution in [0.5, 0.6) is 11.5 Å². The maximum absolute atomic E-state index is 13.4. The summed E-state index contributed by atoms with van der Waals surface area (Å²) in [6.45, 7) is 2.85. The quantitative estimate of drug-likeness (QED) is 0.536. The fraction of sp³-hybridized carbons (Fsp3) is 0.444. The van der Waals surface area contributed by atoms with Crippen molar-refractivity contribution < 1.29 is 19.0 Å². The number of hydrogen-bond acceptors (Lipinski definition) is 7. The Balaban J connectivity index is 1.71. The molecular formula is C27H31ClN2O5. The highest BCUT2D eigenvalue weighted by Gasteiger charge is 2.37. The summed E-state index contributed by atoms with van der Waals surface area (Å²) in [5.74, 6) is 1.29. The first kappa shape index (κ1) is 24.0. The Morgan fingerprint density at radius 1 is 1.09 bits per heavy atom. The van der Waals surface area contributed by atoms with Gasteiger partial charge in [-0.05, 0) is 51.1 Å². The van der Waals surface area contributed by atoms with Gasteiger partial charge in [0.2, 0.25) is 0 Å². The maximum atomic E-state index is 13.4. The zero-order chi connectivity index (χ0) is 24.7. The van der Waals surface area contributed by atoms with E-state index in [0.29, 0.717) is 38.8 Å². The van der Waals surface area contributed by atoms with Crippen molar-refractivity contribution >= 4 is 28.3 Å². The standard InChI is InChI=1S/C27H31ClN2O5/c1-29-11-8-18(20(29)15-31)25-23(33-2)14-24(34-3)26-21(32)13-22(35-27(25)26)17-7-6-16(12-19(17)28)30-9-4-5-10-30/h6-7,12-14,18,20,31H,4-5,8-11,15H2,1-3H3. The number of fused-ring (bicyclic) bond motifs is 1. The van der Waals surface area contributed by atoms with Crippen LogP contribution in [0.3, 0.4) is 0 Å². The molecule has 186 valence electrons. The second kappa shape index (κ2) is 9.72. The van der Waals surface area contributed by atoms with Crippen LogP contribution in [0.15, 0.2) is 39.5 Å². The van der Waals surface area contributed by atoms with E-state index in [1.165, 1.54) is 26.0 Å². The van der Waals surface area contributed by atoms with Crippen molar-refractivity contribution in [3.63, 3.8) is 0 Å². The molecule has 2 atom stereocenters. The van der Waals surface area contributed by atoms with Crippen LogP contribution in [0.1, 0.15) is 30.7 Å². The Kier molecular flexibility index (Phi) is 6.66. The summed E-state index contributed by atoms with van der Waals surface area (Å²) >= 11 is 6.72. The molecular weight excluding hydrogens is 468 g/mol. The van der Waals surface area contributed by atoms with Crippen molar-refractivity contribution in [2.75, 3.05) is 52.4 Å². The predicted octanol–water partition coefficient (Wildman–Crippen LogP) is 4.51. The summed E-state index contributed by atoms with van der Waals surface area (Å²) in [7, 11) is 5.10. The lowest BCUT2D eigenvalue weighted by Crippen LogP contribution is -2.32. The van der Waals surface area contributed by atoms with Crippen molar-refractivity contribution in [2.45, 2.75) is 31.2 Å². The highest BCUT2D eigenvalue weighted by atomic mass is 35.5. The van der Waals surface area contributed by atoms with Crippen LogP contribution in [0.4, 0.5) is 5.69 Å². The first-order valence-corrected chi connectivity index (χ1v) is 12.4. The van der Waals surface area contributed by atoms with E-state index in [2.05, 4.69) is 9.80 Å². The molecule has 0 radical (unpaired) electrons. The molecule has 2 aliphatic heterocycles. The monoisotopic (exact) mass is 498 g/mol. The molecule has 1 aromatic heterocycles. The number of anilines is 1. The van der Waals surface area contributed by atoms with Crippen molar-refractivity contribution in [2.24, 2.45) is 0 Å². The van der Waals surface area contributed by atoms with Gasteiger partial charge in [0.1, 0.15) is 28.2 Å². The van der Waals surface area contributed by atoms with Crippen LogP contribution in [0.25, 0.3) is 22.3 Å². The number of rotatable bonds is 6. The summed E-state index contributed by atoms with van der Waals surface area (Å²) in [5, 5.41) is 11.0. The molecule has 8 heteroatoms. The number of likely N-dealkylation sites (N-methyl/N-ethyl adjacent to an activating group) is 1. The molecule has 2 fully saturated rings. The summed E-state index contributed by atoms with van der Waals surface area (Å²) in [5.41, 5.74) is 2.71. The molecule has 0 saturated carbocycles. The van der Waals surface area contributed by atoms with Crippen LogP contribution in [-0.4, -0.2) is 63.6 Å². The van der Waals surface area contributed by atoms with Gasteiger partial charge in [-0.25, -0.2) is 0 Å². The lowest BCUT2D eigenvalue weighted by Gasteiger charge is -2.25. The Labute approximate surface area is 209 Å². The summed E-state index contributed by atoms with van der Waals surface area (Å²) < 4.78 is 17.8. The van der Waals surface area contributed by atoms with Crippen LogP contribution in [0, 0.1) is 0 Å². The molecule has 3 aromatic rings. The van der Waals surface area contributed by atoms with E-state index in [9.17, 15) is 9.90 Å². The third-order valence-corrected chi connectivity index (χ3v) is 7.79. The lowest BCUT2D eigenvalue weighted by molar-refractivity contribution is 0.171. The Hall–Kier alpha value is -2.74. The maximum Gasteiger partial charge on any atom is 0.197 e. The second-order valence-electron chi connectivity index (χ2n) is 9.36. The average molecular weight is 499 g/mol. The van der Waals surface area contributed by atoms with Gasteiger partial charge < -0.3 is 28.8 Å². The molecule has 0 bridgehead atoms. The SMILES string of the molecule is COc1cc(OC)c2c(=O)cc(-c3ccc(N4CCCC4)cc3Cl)oc2c1C1CCN(C)C1CO. The second-order valence-corrected chi connectivity index (χ2v) is 9.76. The van der Waals surface area contributed by atoms with Crippen molar-refractivity contribution in [3.8, 4) is 22.8 Å². The third-order valence-electron chi connectivity index (χ3n) is 7.48. The fourth-order valence-electron chi connectivity index (χ4n) is 5.60. The van der Waals surface area contributed by atoms with Crippen molar-refractivity contribution in [3.05, 3.63) is 51.1 Å². The topological polar surface area (TPSA) is 75.4 Å². The van der Waals surface area contributed by atoms with E-state index in [-0.39, 0.29) is 24.0 Å². The first-order valence-electron chi connectivity index (χ1n) is 12.1. The number of nitrogens with zero attached hydrogens (tertiary/aromatic N) is 2. The van der Waals surface area contributed by atoms with E-state index in [0.717, 1.165) is 37.3 Å². The van der Waals surface area contributed by atoms with Gasteiger partial charge in [-0.2, -0.15) is 0 Å². The van der Waals surface area contributed by atoms with Crippen LogP contribution in [0.2, 0.25) is 5.02 Å². The molecule has 2 aromatic carbocycles. The molecule has 3 heterocycles. The lowest BCUT2D eigenvalue weighted by atomic mass is 9.89. The van der Waals surface area contributed by atoms with Crippen molar-refractivity contribution in [1.29, 1.82) is 0 Å². The number of aliphatic hydroxyl groups excluding tert-OH is 1. The van der Waals surface area contributed by atoms with Gasteiger partial charge in [0.25, 0.3) is 0 Å². The summed E-state index contributed by atoms with van der Waals surface area (Å²) in [6, 6.07) is 8.97. The van der Waals surface area contributed by atoms with Gasteiger partial charge in [-0.3, -0.25) is 4.79 Å². The number of likely N-dealkylation sites (tertiary alicyclic amines) is 1. The molecule has 0 aliphatic carbocycles. The Morgan fingerprint density at radius 2 is 1.83 bits per heavy atom. The minimum absolute atomic E-state index is 0.00838. The van der Waals surface area contributed by atoms with Gasteiger partial charge in [-0.15, -0.1) is 0 Å². The third kappa shape index (κ3) is 4.15. The van der Waals surface area contributed by atoms with Gasteiger partial charge >= 0.3 is 0 Å². The largest absolute Gasteiger partial charge is 0.496 e. The molecule has 0 amide bonds. The number of aliphatic hydroxyl groups is 1. The van der Waals surface area contributed by atoms with Crippen LogP contribution in [-0.2, 0) is 0 Å². The van der Waals surface area contributed by atoms with E-state index in [4.69, 9.17) is 25.5 Å². The van der Waals surface area contributed by atoms with Gasteiger partial charge in [0, 0.05) is 54.0 Å². The fourth-order valence-corrected chi connectivity index (χ4v) is 5.87. The van der Waals surface area contributed by atoms with E-state index in [1.807, 2.05) is 25.2 Å². The van der Waals surface area contributed by atoms with Gasteiger partial charge in [0.15, 0.2) is 5.43 Å². The van der Waals surface area contributed by atoms with Gasteiger partial charge in [0.05, 0.1) is 25.8 Å². The zero-order valence-electron chi connectivity index (χ0n) is 20.3. The predicted molar refractivity (Wildman–Crippen MR) is 138 cm³/mol. The Morgan fingerprint density at radius 3 is 2.49 bits per heavy atom. The molecule has 2 aliphatic rings. The molecule has 35 heavy (non-hydrogen) atoms. The number of methoxy groups -OCH3 is 2. The smallest absolute Gasteiger partial charge is 0.197 e. The minimum atomic E-state index is -0.214. The van der Waals surface area contributed by atoms with Crippen LogP contribution < -0.4 is 19.8 Å². The molecule has 7 nitrogen and oxygen atoms in total. The number of benzene rings is 2. The van der Waals surface area contributed by atoms with E-state index in [1.54, 1.807) is 13.2 Å². The minimum Gasteiger partial charge on any atom is -0.496 e. The van der Waals surface area contributed by atoms with Gasteiger partial charge in [-0.1, -0.05) is 11.6 Å². The normalized spacial score (nSPS) is 20.7. The Bertz CT molecular complexity index is 1300. The van der Waals surface area contributed by atoms with E-state index >= 15 is 0 Å². The molecule has 5 rings (SSSR count). The molecule has 1 N–H and O–H groups in total. The van der Waals surface area contributed by atoms with E-state index < -0.39 is 0 Å². The molecule has 0 spiro atoms. The summed E-state index contributed by atoms with van der Waals surface area (Å²) in [4.78, 5) is 17.9. The molecule has 2 unspecified atom stereocenters. The number of hydrogen-bond donors (Lipinski definition) is 1. The average Bonchev–Trinajstić information content (AvgIpc) is 3.52. The molecule has 2 saturated heterocycles. The number of ether oxygens (including phenoxy) is 2. The van der Waals surface area contributed by atoms with Crippen LogP contribution >= 0.6 is 11.6 Å². The zero-order valence-corrected chi connectivity index (χ0v) is 21.1. The highest BCUT2D eigenvalue weighted by molar-refractivity contribution is 6.33. The first-order chi connectivity index (χ1) is 17.0.